The minimum atomic E-state index is -0.584. The largest absolute Gasteiger partial charge is 0.277 e. The van der Waals surface area contributed by atoms with E-state index in [2.05, 4.69) is 0 Å². The molecule has 0 saturated heterocycles. The summed E-state index contributed by atoms with van der Waals surface area (Å²) in [7, 11) is 0. The highest BCUT2D eigenvalue weighted by atomic mass is 35.5. The van der Waals surface area contributed by atoms with Gasteiger partial charge in [-0.05, 0) is 37.6 Å². The van der Waals surface area contributed by atoms with Crippen LogP contribution in [0.25, 0.3) is 0 Å². The molecule has 2 aromatic carbocycles. The van der Waals surface area contributed by atoms with Crippen molar-refractivity contribution in [3.63, 3.8) is 0 Å². The smallest absolute Gasteiger partial charge is 0.241 e. The molecule has 0 radical (unpaired) electrons. The lowest BCUT2D eigenvalue weighted by Gasteiger charge is -2.22. The Morgan fingerprint density at radius 3 is 2.20 bits per heavy atom. The minimum absolute atomic E-state index is 0.0197. The van der Waals surface area contributed by atoms with Gasteiger partial charge in [-0.2, -0.15) is 0 Å². The van der Waals surface area contributed by atoms with Gasteiger partial charge in [-0.3, -0.25) is 9.69 Å². The molecule has 0 saturated carbocycles. The van der Waals surface area contributed by atoms with Crippen LogP contribution in [0, 0.1) is 0 Å². The Labute approximate surface area is 127 Å². The van der Waals surface area contributed by atoms with E-state index in [0.717, 1.165) is 11.3 Å². The van der Waals surface area contributed by atoms with Crippen LogP contribution in [-0.2, 0) is 10.2 Å². The number of fused-ring (bicyclic) bond motifs is 1. The number of nitrogens with zero attached hydrogens (tertiary/aromatic N) is 1. The van der Waals surface area contributed by atoms with Crippen molar-refractivity contribution in [2.75, 3.05) is 4.90 Å². The fraction of sp³-hybridized carbons (Fsp3) is 0.188. The Kier molecular flexibility index (Phi) is 3.03. The number of benzene rings is 2. The van der Waals surface area contributed by atoms with Crippen molar-refractivity contribution in [3.8, 4) is 0 Å². The molecule has 0 aliphatic carbocycles. The van der Waals surface area contributed by atoms with Gasteiger partial charge in [0.25, 0.3) is 0 Å². The topological polar surface area (TPSA) is 20.3 Å². The molecule has 4 heteroatoms. The molecule has 102 valence electrons. The molecule has 0 spiro atoms. The molecular weight excluding hydrogens is 293 g/mol. The number of halogens is 2. The number of carbonyl (C=O) groups excluding carboxylic acids is 1. The van der Waals surface area contributed by atoms with Crippen LogP contribution in [0.5, 0.6) is 0 Å². The second kappa shape index (κ2) is 4.51. The number of hydrogen-bond donors (Lipinski definition) is 0. The SMILES string of the molecule is CC1(C)C(=O)N(c2c(Cl)cccc2Cl)c2ccccc21. The number of carbonyl (C=O) groups is 1. The molecule has 1 aliphatic heterocycles. The molecule has 0 N–H and O–H groups in total. The fourth-order valence-corrected chi connectivity index (χ4v) is 3.19. The molecule has 0 aromatic heterocycles. The quantitative estimate of drug-likeness (QED) is 0.730. The van der Waals surface area contributed by atoms with E-state index in [0.29, 0.717) is 15.7 Å². The molecule has 20 heavy (non-hydrogen) atoms. The van der Waals surface area contributed by atoms with Crippen molar-refractivity contribution in [3.05, 3.63) is 58.1 Å². The third kappa shape index (κ3) is 1.75. The molecule has 2 aromatic rings. The van der Waals surface area contributed by atoms with Crippen LogP contribution in [0.4, 0.5) is 11.4 Å². The van der Waals surface area contributed by atoms with Crippen molar-refractivity contribution in [2.45, 2.75) is 19.3 Å². The monoisotopic (exact) mass is 305 g/mol. The zero-order valence-electron chi connectivity index (χ0n) is 11.2. The lowest BCUT2D eigenvalue weighted by Crippen LogP contribution is -2.33. The lowest BCUT2D eigenvalue weighted by molar-refractivity contribution is -0.121. The minimum Gasteiger partial charge on any atom is -0.277 e. The van der Waals surface area contributed by atoms with Gasteiger partial charge in [-0.15, -0.1) is 0 Å². The van der Waals surface area contributed by atoms with E-state index in [1.807, 2.05) is 38.1 Å². The summed E-state index contributed by atoms with van der Waals surface area (Å²) in [5.41, 5.74) is 1.80. The Bertz CT molecular complexity index is 689. The molecule has 1 aliphatic rings. The van der Waals surface area contributed by atoms with Gasteiger partial charge < -0.3 is 0 Å². The molecule has 0 atom stereocenters. The van der Waals surface area contributed by atoms with Gasteiger partial charge in [-0.25, -0.2) is 0 Å². The maximum atomic E-state index is 12.8. The first-order valence-corrected chi connectivity index (χ1v) is 7.08. The summed E-state index contributed by atoms with van der Waals surface area (Å²) in [6, 6.07) is 13.0. The maximum absolute atomic E-state index is 12.8. The highest BCUT2D eigenvalue weighted by molar-refractivity contribution is 6.40. The van der Waals surface area contributed by atoms with E-state index >= 15 is 0 Å². The molecule has 0 unspecified atom stereocenters. The van der Waals surface area contributed by atoms with Crippen molar-refractivity contribution in [1.29, 1.82) is 0 Å². The van der Waals surface area contributed by atoms with Crippen LogP contribution in [0.2, 0.25) is 10.0 Å². The predicted molar refractivity (Wildman–Crippen MR) is 83.1 cm³/mol. The van der Waals surface area contributed by atoms with Crippen LogP contribution in [0.15, 0.2) is 42.5 Å². The van der Waals surface area contributed by atoms with Gasteiger partial charge in [0.2, 0.25) is 5.91 Å². The second-order valence-electron chi connectivity index (χ2n) is 5.35. The molecule has 1 amide bonds. The van der Waals surface area contributed by atoms with Crippen LogP contribution >= 0.6 is 23.2 Å². The summed E-state index contributed by atoms with van der Waals surface area (Å²) in [5.74, 6) is -0.0197. The highest BCUT2D eigenvalue weighted by Gasteiger charge is 2.45. The van der Waals surface area contributed by atoms with Gasteiger partial charge >= 0.3 is 0 Å². The summed E-state index contributed by atoms with van der Waals surface area (Å²) < 4.78 is 0. The fourth-order valence-electron chi connectivity index (χ4n) is 2.63. The van der Waals surface area contributed by atoms with E-state index in [-0.39, 0.29) is 5.91 Å². The number of anilines is 2. The molecule has 3 rings (SSSR count). The number of hydrogen-bond acceptors (Lipinski definition) is 1. The van der Waals surface area contributed by atoms with Crippen LogP contribution < -0.4 is 4.90 Å². The van der Waals surface area contributed by atoms with Gasteiger partial charge in [0.15, 0.2) is 0 Å². The van der Waals surface area contributed by atoms with Crippen molar-refractivity contribution in [2.24, 2.45) is 0 Å². The summed E-state index contributed by atoms with van der Waals surface area (Å²) in [4.78, 5) is 14.4. The maximum Gasteiger partial charge on any atom is 0.241 e. The average Bonchev–Trinajstić information content (AvgIpc) is 2.60. The van der Waals surface area contributed by atoms with Gasteiger partial charge in [-0.1, -0.05) is 47.5 Å². The van der Waals surface area contributed by atoms with E-state index in [9.17, 15) is 4.79 Å². The van der Waals surface area contributed by atoms with Crippen molar-refractivity contribution in [1.82, 2.24) is 0 Å². The molecule has 0 bridgehead atoms. The van der Waals surface area contributed by atoms with Crippen molar-refractivity contribution >= 4 is 40.5 Å². The van der Waals surface area contributed by atoms with Gasteiger partial charge in [0.1, 0.15) is 0 Å². The first-order chi connectivity index (χ1) is 9.44. The zero-order valence-corrected chi connectivity index (χ0v) is 12.7. The first kappa shape index (κ1) is 13.5. The standard InChI is InChI=1S/C16H13Cl2NO/c1-16(2)10-6-3-4-9-13(10)19(15(16)20)14-11(17)7-5-8-12(14)18/h3-9H,1-2H3. The Balaban J connectivity index is 2.29. The van der Waals surface area contributed by atoms with E-state index in [4.69, 9.17) is 23.2 Å². The predicted octanol–water partition coefficient (Wildman–Crippen LogP) is 4.95. The number of para-hydroxylation sites is 2. The Morgan fingerprint density at radius 2 is 1.55 bits per heavy atom. The lowest BCUT2D eigenvalue weighted by atomic mass is 9.86. The Morgan fingerprint density at radius 1 is 0.950 bits per heavy atom. The zero-order chi connectivity index (χ0) is 14.5. The summed E-state index contributed by atoms with van der Waals surface area (Å²) in [6.07, 6.45) is 0. The van der Waals surface area contributed by atoms with E-state index in [1.165, 1.54) is 0 Å². The highest BCUT2D eigenvalue weighted by Crippen LogP contribution is 2.48. The molecule has 0 fully saturated rings. The van der Waals surface area contributed by atoms with Crippen molar-refractivity contribution < 1.29 is 4.79 Å². The number of rotatable bonds is 1. The summed E-state index contributed by atoms with van der Waals surface area (Å²) >= 11 is 12.5. The average molecular weight is 306 g/mol. The van der Waals surface area contributed by atoms with Gasteiger partial charge in [0.05, 0.1) is 26.8 Å². The number of amides is 1. The first-order valence-electron chi connectivity index (χ1n) is 6.32. The normalized spacial score (nSPS) is 16.4. The Hall–Kier alpha value is -1.51. The second-order valence-corrected chi connectivity index (χ2v) is 6.17. The molecule has 1 heterocycles. The van der Waals surface area contributed by atoms with Crippen LogP contribution in [0.3, 0.4) is 0 Å². The van der Waals surface area contributed by atoms with Crippen LogP contribution in [-0.4, -0.2) is 5.91 Å². The van der Waals surface area contributed by atoms with Gasteiger partial charge in [0, 0.05) is 0 Å². The third-order valence-electron chi connectivity index (χ3n) is 3.72. The summed E-state index contributed by atoms with van der Waals surface area (Å²) in [5, 5.41) is 0.941. The third-order valence-corrected chi connectivity index (χ3v) is 4.33. The summed E-state index contributed by atoms with van der Waals surface area (Å²) in [6.45, 7) is 3.83. The van der Waals surface area contributed by atoms with Crippen LogP contribution in [0.1, 0.15) is 19.4 Å². The molecule has 2 nitrogen and oxygen atoms in total. The van der Waals surface area contributed by atoms with E-state index < -0.39 is 5.41 Å². The van der Waals surface area contributed by atoms with E-state index in [1.54, 1.807) is 23.1 Å². The molecular formula is C16H13Cl2NO.